The van der Waals surface area contributed by atoms with Gasteiger partial charge in [-0.2, -0.15) is 0 Å². The Hall–Kier alpha value is -1.82. The summed E-state index contributed by atoms with van der Waals surface area (Å²) in [5, 5.41) is 8.58. The number of amides is 1. The fourth-order valence-corrected chi connectivity index (χ4v) is 1.20. The molecule has 0 radical (unpaired) electrons. The van der Waals surface area contributed by atoms with Gasteiger partial charge < -0.3 is 20.7 Å². The normalized spacial score (nSPS) is 9.76. The molecule has 1 heterocycles. The topological polar surface area (TPSA) is 75.3 Å². The van der Waals surface area contributed by atoms with Crippen molar-refractivity contribution in [2.45, 2.75) is 0 Å². The summed E-state index contributed by atoms with van der Waals surface area (Å²) in [7, 11) is 3.39. The minimum absolute atomic E-state index is 0.0845. The first-order valence-electron chi connectivity index (χ1n) is 5.40. The Kier molecular flexibility index (Phi) is 5.81. The molecule has 0 atom stereocenters. The predicted octanol–water partition coefficient (Wildman–Crippen LogP) is 0.298. The van der Waals surface area contributed by atoms with Gasteiger partial charge in [-0.3, -0.25) is 4.79 Å². The Labute approximate surface area is 101 Å². The molecule has 0 aromatic carbocycles. The molecule has 0 aliphatic rings. The number of hydrogen-bond acceptors (Lipinski definition) is 5. The maximum absolute atomic E-state index is 11.4. The molecule has 0 unspecified atom stereocenters. The van der Waals surface area contributed by atoms with Gasteiger partial charge in [0.05, 0.1) is 13.2 Å². The van der Waals surface area contributed by atoms with E-state index in [1.54, 1.807) is 14.2 Å². The van der Waals surface area contributed by atoms with Crippen molar-refractivity contribution in [2.75, 3.05) is 44.5 Å². The van der Waals surface area contributed by atoms with Gasteiger partial charge in [0, 0.05) is 20.7 Å². The first kappa shape index (κ1) is 13.2. The second-order valence-electron chi connectivity index (χ2n) is 3.35. The van der Waals surface area contributed by atoms with E-state index in [1.165, 1.54) is 0 Å². The van der Waals surface area contributed by atoms with Gasteiger partial charge in [-0.05, 0) is 12.1 Å². The standard InChI is InChI=1S/C11H18N4O2/c1-12-9-4-3-5-10(15-9)14-8-11(16)13-6-7-17-2/h3-5H,6-8H2,1-2H3,(H,13,16)(H2,12,14,15). The zero-order valence-corrected chi connectivity index (χ0v) is 10.1. The lowest BCUT2D eigenvalue weighted by Gasteiger charge is -2.07. The van der Waals surface area contributed by atoms with Crippen LogP contribution >= 0.6 is 0 Å². The first-order valence-corrected chi connectivity index (χ1v) is 5.40. The van der Waals surface area contributed by atoms with E-state index >= 15 is 0 Å². The molecule has 1 aromatic rings. The molecule has 1 aromatic heterocycles. The molecule has 0 saturated carbocycles. The number of nitrogens with zero attached hydrogens (tertiary/aromatic N) is 1. The second kappa shape index (κ2) is 7.45. The van der Waals surface area contributed by atoms with Crippen molar-refractivity contribution >= 4 is 17.5 Å². The number of pyridine rings is 1. The highest BCUT2D eigenvalue weighted by molar-refractivity contribution is 5.80. The van der Waals surface area contributed by atoms with Crippen molar-refractivity contribution in [1.82, 2.24) is 10.3 Å². The SMILES string of the molecule is CNc1cccc(NCC(=O)NCCOC)n1. The predicted molar refractivity (Wildman–Crippen MR) is 67.2 cm³/mol. The van der Waals surface area contributed by atoms with Gasteiger partial charge in [0.2, 0.25) is 5.91 Å². The van der Waals surface area contributed by atoms with Crippen LogP contribution < -0.4 is 16.0 Å². The molecule has 0 spiro atoms. The maximum Gasteiger partial charge on any atom is 0.239 e. The van der Waals surface area contributed by atoms with E-state index in [2.05, 4.69) is 20.9 Å². The Balaban J connectivity index is 2.31. The van der Waals surface area contributed by atoms with Gasteiger partial charge in [-0.15, -0.1) is 0 Å². The van der Waals surface area contributed by atoms with Crippen LogP contribution in [0, 0.1) is 0 Å². The van der Waals surface area contributed by atoms with Crippen LogP contribution in [-0.4, -0.2) is 44.7 Å². The second-order valence-corrected chi connectivity index (χ2v) is 3.35. The molecular formula is C11H18N4O2. The van der Waals surface area contributed by atoms with Gasteiger partial charge >= 0.3 is 0 Å². The zero-order chi connectivity index (χ0) is 12.5. The quantitative estimate of drug-likeness (QED) is 0.596. The van der Waals surface area contributed by atoms with Crippen molar-refractivity contribution < 1.29 is 9.53 Å². The van der Waals surface area contributed by atoms with Crippen molar-refractivity contribution in [2.24, 2.45) is 0 Å². The maximum atomic E-state index is 11.4. The zero-order valence-electron chi connectivity index (χ0n) is 10.1. The van der Waals surface area contributed by atoms with Crippen LogP contribution in [0.5, 0.6) is 0 Å². The molecule has 0 aliphatic heterocycles. The number of anilines is 2. The highest BCUT2D eigenvalue weighted by atomic mass is 16.5. The molecule has 0 aliphatic carbocycles. The Bertz CT molecular complexity index is 357. The highest BCUT2D eigenvalue weighted by Crippen LogP contribution is 2.07. The van der Waals surface area contributed by atoms with Crippen molar-refractivity contribution in [3.63, 3.8) is 0 Å². The molecule has 0 saturated heterocycles. The minimum atomic E-state index is -0.0845. The third-order valence-corrected chi connectivity index (χ3v) is 2.06. The fourth-order valence-electron chi connectivity index (χ4n) is 1.20. The number of ether oxygens (including phenoxy) is 1. The van der Waals surface area contributed by atoms with E-state index < -0.39 is 0 Å². The van der Waals surface area contributed by atoms with Crippen molar-refractivity contribution in [3.05, 3.63) is 18.2 Å². The Morgan fingerprint density at radius 2 is 2.18 bits per heavy atom. The molecule has 0 bridgehead atoms. The van der Waals surface area contributed by atoms with E-state index in [0.29, 0.717) is 19.0 Å². The summed E-state index contributed by atoms with van der Waals surface area (Å²) in [6, 6.07) is 5.52. The fraction of sp³-hybridized carbons (Fsp3) is 0.455. The van der Waals surface area contributed by atoms with Crippen molar-refractivity contribution in [3.8, 4) is 0 Å². The Morgan fingerprint density at radius 1 is 1.41 bits per heavy atom. The summed E-state index contributed by atoms with van der Waals surface area (Å²) >= 11 is 0. The van der Waals surface area contributed by atoms with Crippen LogP contribution in [0.4, 0.5) is 11.6 Å². The summed E-state index contributed by atoms with van der Waals surface area (Å²) in [5.74, 6) is 1.34. The smallest absolute Gasteiger partial charge is 0.239 e. The summed E-state index contributed by atoms with van der Waals surface area (Å²) in [4.78, 5) is 15.6. The summed E-state index contributed by atoms with van der Waals surface area (Å²) in [5.41, 5.74) is 0. The molecule has 3 N–H and O–H groups in total. The number of carbonyl (C=O) groups is 1. The van der Waals surface area contributed by atoms with Gasteiger partial charge in [0.25, 0.3) is 0 Å². The van der Waals surface area contributed by atoms with Crippen LogP contribution in [0.25, 0.3) is 0 Å². The van der Waals surface area contributed by atoms with E-state index in [9.17, 15) is 4.79 Å². The van der Waals surface area contributed by atoms with Gasteiger partial charge in [-0.25, -0.2) is 4.98 Å². The van der Waals surface area contributed by atoms with Gasteiger partial charge in [-0.1, -0.05) is 6.07 Å². The average molecular weight is 238 g/mol. The third kappa shape index (κ3) is 5.17. The lowest BCUT2D eigenvalue weighted by atomic mass is 10.4. The van der Waals surface area contributed by atoms with Gasteiger partial charge in [0.1, 0.15) is 11.6 Å². The third-order valence-electron chi connectivity index (χ3n) is 2.06. The number of rotatable bonds is 7. The van der Waals surface area contributed by atoms with Crippen LogP contribution in [0.1, 0.15) is 0 Å². The van der Waals surface area contributed by atoms with Crippen LogP contribution in [0.15, 0.2) is 18.2 Å². The molecule has 0 fully saturated rings. The molecule has 6 nitrogen and oxygen atoms in total. The first-order chi connectivity index (χ1) is 8.26. The highest BCUT2D eigenvalue weighted by Gasteiger charge is 2.01. The summed E-state index contributed by atoms with van der Waals surface area (Å²) < 4.78 is 4.83. The van der Waals surface area contributed by atoms with Gasteiger partial charge in [0.15, 0.2) is 0 Å². The Morgan fingerprint density at radius 3 is 2.88 bits per heavy atom. The molecular weight excluding hydrogens is 220 g/mol. The number of methoxy groups -OCH3 is 1. The summed E-state index contributed by atoms with van der Waals surface area (Å²) in [6.45, 7) is 1.23. The molecule has 1 rings (SSSR count). The molecule has 6 heteroatoms. The largest absolute Gasteiger partial charge is 0.383 e. The molecule has 17 heavy (non-hydrogen) atoms. The number of aromatic nitrogens is 1. The lowest BCUT2D eigenvalue weighted by Crippen LogP contribution is -2.32. The minimum Gasteiger partial charge on any atom is -0.383 e. The van der Waals surface area contributed by atoms with Crippen LogP contribution in [0.3, 0.4) is 0 Å². The van der Waals surface area contributed by atoms with Crippen LogP contribution in [0.2, 0.25) is 0 Å². The summed E-state index contributed by atoms with van der Waals surface area (Å²) in [6.07, 6.45) is 0. The molecule has 1 amide bonds. The van der Waals surface area contributed by atoms with E-state index in [0.717, 1.165) is 5.82 Å². The molecule has 94 valence electrons. The van der Waals surface area contributed by atoms with Crippen molar-refractivity contribution in [1.29, 1.82) is 0 Å². The number of nitrogens with one attached hydrogen (secondary N) is 3. The number of carbonyl (C=O) groups excluding carboxylic acids is 1. The van der Waals surface area contributed by atoms with E-state index in [-0.39, 0.29) is 12.5 Å². The monoisotopic (exact) mass is 238 g/mol. The van der Waals surface area contributed by atoms with Crippen LogP contribution in [-0.2, 0) is 9.53 Å². The number of hydrogen-bond donors (Lipinski definition) is 3. The average Bonchev–Trinajstić information content (AvgIpc) is 2.37. The van der Waals surface area contributed by atoms with E-state index in [1.807, 2.05) is 18.2 Å². The lowest BCUT2D eigenvalue weighted by molar-refractivity contribution is -0.119. The van der Waals surface area contributed by atoms with E-state index in [4.69, 9.17) is 4.74 Å².